The van der Waals surface area contributed by atoms with E-state index in [9.17, 15) is 8.78 Å². The summed E-state index contributed by atoms with van der Waals surface area (Å²) in [5.74, 6) is 0. The van der Waals surface area contributed by atoms with Crippen molar-refractivity contribution in [1.82, 2.24) is 5.32 Å². The maximum Gasteiger partial charge on any atom is 0.261 e. The van der Waals surface area contributed by atoms with Gasteiger partial charge in [-0.25, -0.2) is 8.78 Å². The van der Waals surface area contributed by atoms with Crippen molar-refractivity contribution in [3.05, 3.63) is 0 Å². The van der Waals surface area contributed by atoms with Crippen LogP contribution in [-0.4, -0.2) is 32.2 Å². The van der Waals surface area contributed by atoms with Crippen molar-refractivity contribution >= 4 is 0 Å². The van der Waals surface area contributed by atoms with Crippen molar-refractivity contribution in [2.45, 2.75) is 26.3 Å². The van der Waals surface area contributed by atoms with Crippen LogP contribution in [0.2, 0.25) is 0 Å². The summed E-state index contributed by atoms with van der Waals surface area (Å²) < 4.78 is 27.6. The molecule has 0 amide bonds. The topological polar surface area (TPSA) is 21.3 Å². The van der Waals surface area contributed by atoms with Gasteiger partial charge in [0.2, 0.25) is 0 Å². The highest BCUT2D eigenvalue weighted by molar-refractivity contribution is 4.50. The zero-order valence-corrected chi connectivity index (χ0v) is 6.94. The number of hydrogen-bond acceptors (Lipinski definition) is 2. The smallest absolute Gasteiger partial charge is 0.261 e. The van der Waals surface area contributed by atoms with E-state index in [2.05, 4.69) is 10.1 Å². The summed E-state index contributed by atoms with van der Waals surface area (Å²) in [5.41, 5.74) is 0. The molecule has 0 rings (SSSR count). The molecule has 0 fully saturated rings. The molecule has 0 aromatic carbocycles. The molecule has 11 heavy (non-hydrogen) atoms. The molecule has 0 aromatic rings. The van der Waals surface area contributed by atoms with E-state index in [0.717, 1.165) is 0 Å². The van der Waals surface area contributed by atoms with Gasteiger partial charge in [-0.3, -0.25) is 0 Å². The highest BCUT2D eigenvalue weighted by atomic mass is 19.3. The Labute approximate surface area is 65.9 Å². The second-order valence-electron chi connectivity index (χ2n) is 2.57. The van der Waals surface area contributed by atoms with Gasteiger partial charge in [0, 0.05) is 12.6 Å². The van der Waals surface area contributed by atoms with Crippen LogP contribution in [-0.2, 0) is 4.74 Å². The number of halogens is 2. The van der Waals surface area contributed by atoms with Crippen LogP contribution in [0.25, 0.3) is 0 Å². The van der Waals surface area contributed by atoms with E-state index in [1.807, 2.05) is 13.8 Å². The SMILES string of the molecule is CC(C)NCCOCC(F)F. The predicted octanol–water partition coefficient (Wildman–Crippen LogP) is 1.27. The average Bonchev–Trinajstić information content (AvgIpc) is 1.85. The highest BCUT2D eigenvalue weighted by Gasteiger charge is 2.00. The number of alkyl halides is 2. The van der Waals surface area contributed by atoms with Gasteiger partial charge in [0.25, 0.3) is 6.43 Å². The standard InChI is InChI=1S/C7H15F2NO/c1-6(2)10-3-4-11-5-7(8)9/h6-7,10H,3-5H2,1-2H3. The average molecular weight is 167 g/mol. The van der Waals surface area contributed by atoms with Gasteiger partial charge in [-0.2, -0.15) is 0 Å². The Morgan fingerprint density at radius 1 is 1.36 bits per heavy atom. The van der Waals surface area contributed by atoms with Crippen molar-refractivity contribution in [1.29, 1.82) is 0 Å². The van der Waals surface area contributed by atoms with Crippen LogP contribution in [0, 0.1) is 0 Å². The van der Waals surface area contributed by atoms with E-state index in [4.69, 9.17) is 0 Å². The molecule has 0 atom stereocenters. The van der Waals surface area contributed by atoms with E-state index in [0.29, 0.717) is 19.2 Å². The maximum atomic E-state index is 11.5. The summed E-state index contributed by atoms with van der Waals surface area (Å²) in [6, 6.07) is 0.380. The molecular weight excluding hydrogens is 152 g/mol. The van der Waals surface area contributed by atoms with E-state index < -0.39 is 13.0 Å². The van der Waals surface area contributed by atoms with Crippen LogP contribution in [0.5, 0.6) is 0 Å². The minimum atomic E-state index is -2.35. The summed E-state index contributed by atoms with van der Waals surface area (Å²) in [7, 11) is 0. The molecule has 68 valence electrons. The molecule has 0 aromatic heterocycles. The Balaban J connectivity index is 2.91. The summed E-state index contributed by atoms with van der Waals surface area (Å²) in [6.07, 6.45) is -2.35. The van der Waals surface area contributed by atoms with Gasteiger partial charge < -0.3 is 10.1 Å². The first-order valence-corrected chi connectivity index (χ1v) is 3.72. The molecule has 0 saturated carbocycles. The third kappa shape index (κ3) is 9.78. The Morgan fingerprint density at radius 2 is 2.00 bits per heavy atom. The summed E-state index contributed by atoms with van der Waals surface area (Å²) in [6.45, 7) is 4.51. The molecule has 0 aliphatic rings. The lowest BCUT2D eigenvalue weighted by atomic mass is 10.4. The van der Waals surface area contributed by atoms with Gasteiger partial charge in [-0.05, 0) is 0 Å². The normalized spacial score (nSPS) is 11.5. The van der Waals surface area contributed by atoms with Crippen molar-refractivity contribution in [3.63, 3.8) is 0 Å². The predicted molar refractivity (Wildman–Crippen MR) is 40.0 cm³/mol. The lowest BCUT2D eigenvalue weighted by molar-refractivity contribution is 0.0184. The number of rotatable bonds is 6. The zero-order chi connectivity index (χ0) is 8.69. The maximum absolute atomic E-state index is 11.5. The first-order valence-electron chi connectivity index (χ1n) is 3.72. The molecule has 0 aliphatic carbocycles. The molecule has 0 saturated heterocycles. The molecule has 2 nitrogen and oxygen atoms in total. The van der Waals surface area contributed by atoms with E-state index in [1.54, 1.807) is 0 Å². The highest BCUT2D eigenvalue weighted by Crippen LogP contribution is 1.91. The molecule has 4 heteroatoms. The third-order valence-electron chi connectivity index (χ3n) is 1.04. The van der Waals surface area contributed by atoms with Crippen molar-refractivity contribution in [3.8, 4) is 0 Å². The number of nitrogens with one attached hydrogen (secondary N) is 1. The van der Waals surface area contributed by atoms with Gasteiger partial charge >= 0.3 is 0 Å². The minimum Gasteiger partial charge on any atom is -0.374 e. The Kier molecular flexibility index (Phi) is 6.36. The first kappa shape index (κ1) is 10.8. The fraction of sp³-hybridized carbons (Fsp3) is 1.00. The molecule has 0 unspecified atom stereocenters. The molecular formula is C7H15F2NO. The second-order valence-corrected chi connectivity index (χ2v) is 2.57. The Morgan fingerprint density at radius 3 is 2.45 bits per heavy atom. The quantitative estimate of drug-likeness (QED) is 0.601. The van der Waals surface area contributed by atoms with E-state index in [-0.39, 0.29) is 0 Å². The van der Waals surface area contributed by atoms with Gasteiger partial charge in [0.05, 0.1) is 6.61 Å². The van der Waals surface area contributed by atoms with Gasteiger partial charge in [0.1, 0.15) is 6.61 Å². The summed E-state index contributed by atoms with van der Waals surface area (Å²) in [5, 5.41) is 3.05. The molecule has 0 radical (unpaired) electrons. The molecule has 1 N–H and O–H groups in total. The first-order chi connectivity index (χ1) is 5.13. The van der Waals surface area contributed by atoms with Crippen molar-refractivity contribution in [2.24, 2.45) is 0 Å². The fourth-order valence-electron chi connectivity index (χ4n) is 0.592. The Bertz CT molecular complexity index is 78.5. The van der Waals surface area contributed by atoms with E-state index >= 15 is 0 Å². The van der Waals surface area contributed by atoms with Gasteiger partial charge in [-0.15, -0.1) is 0 Å². The Hall–Kier alpha value is -0.220. The molecule has 0 spiro atoms. The van der Waals surface area contributed by atoms with Crippen LogP contribution >= 0.6 is 0 Å². The fourth-order valence-corrected chi connectivity index (χ4v) is 0.592. The zero-order valence-electron chi connectivity index (χ0n) is 6.94. The van der Waals surface area contributed by atoms with Gasteiger partial charge in [0.15, 0.2) is 0 Å². The minimum absolute atomic E-state index is 0.350. The molecule has 0 heterocycles. The lowest BCUT2D eigenvalue weighted by Crippen LogP contribution is -2.27. The van der Waals surface area contributed by atoms with Crippen LogP contribution in [0.4, 0.5) is 8.78 Å². The third-order valence-corrected chi connectivity index (χ3v) is 1.04. The molecule has 0 bridgehead atoms. The van der Waals surface area contributed by atoms with Crippen LogP contribution < -0.4 is 5.32 Å². The summed E-state index contributed by atoms with van der Waals surface area (Å²) in [4.78, 5) is 0. The monoisotopic (exact) mass is 167 g/mol. The van der Waals surface area contributed by atoms with Crippen LogP contribution in [0.3, 0.4) is 0 Å². The van der Waals surface area contributed by atoms with E-state index in [1.165, 1.54) is 0 Å². The van der Waals surface area contributed by atoms with Crippen LogP contribution in [0.15, 0.2) is 0 Å². The van der Waals surface area contributed by atoms with Crippen LogP contribution in [0.1, 0.15) is 13.8 Å². The van der Waals surface area contributed by atoms with Crippen molar-refractivity contribution in [2.75, 3.05) is 19.8 Å². The lowest BCUT2D eigenvalue weighted by Gasteiger charge is -2.07. The number of hydrogen-bond donors (Lipinski definition) is 1. The molecule has 0 aliphatic heterocycles. The summed E-state index contributed by atoms with van der Waals surface area (Å²) >= 11 is 0. The largest absolute Gasteiger partial charge is 0.374 e. The van der Waals surface area contributed by atoms with Crippen molar-refractivity contribution < 1.29 is 13.5 Å². The number of ether oxygens (including phenoxy) is 1. The second kappa shape index (κ2) is 6.49. The van der Waals surface area contributed by atoms with Gasteiger partial charge in [-0.1, -0.05) is 13.8 Å².